The average Bonchev–Trinajstić information content (AvgIpc) is 2.45. The Bertz CT molecular complexity index is 686. The summed E-state index contributed by atoms with van der Waals surface area (Å²) in [5.74, 6) is 0.0255. The molecule has 128 valence electrons. The number of benzene rings is 1. The first-order chi connectivity index (χ1) is 10.7. The van der Waals surface area contributed by atoms with Gasteiger partial charge in [0.1, 0.15) is 15.5 Å². The third-order valence-corrected chi connectivity index (χ3v) is 5.30. The highest BCUT2D eigenvalue weighted by molar-refractivity contribution is 7.90. The Hall–Kier alpha value is -1.38. The molecule has 0 aromatic heterocycles. The quantitative estimate of drug-likeness (QED) is 0.616. The lowest BCUT2D eigenvalue weighted by molar-refractivity contribution is -0.383. The molecule has 0 aliphatic carbocycles. The van der Waals surface area contributed by atoms with E-state index in [0.717, 1.165) is 0 Å². The van der Waals surface area contributed by atoms with E-state index in [2.05, 4.69) is 5.32 Å². The predicted octanol–water partition coefficient (Wildman–Crippen LogP) is 2.50. The molecule has 0 unspecified atom stereocenters. The zero-order valence-corrected chi connectivity index (χ0v) is 14.3. The maximum Gasteiger partial charge on any atom is 0.293 e. The van der Waals surface area contributed by atoms with Crippen LogP contribution in [0.5, 0.6) is 0 Å². The van der Waals surface area contributed by atoms with Crippen LogP contribution in [0.25, 0.3) is 0 Å². The molecular weight excluding hydrogens is 344 g/mol. The Morgan fingerprint density at radius 3 is 2.61 bits per heavy atom. The van der Waals surface area contributed by atoms with Crippen molar-refractivity contribution in [2.45, 2.75) is 12.8 Å². The van der Waals surface area contributed by atoms with Crippen LogP contribution in [-0.2, 0) is 14.6 Å². The van der Waals surface area contributed by atoms with Crippen molar-refractivity contribution in [3.05, 3.63) is 33.3 Å². The first-order valence-electron chi connectivity index (χ1n) is 7.14. The van der Waals surface area contributed by atoms with E-state index in [-0.39, 0.29) is 16.5 Å². The number of hydrogen-bond donors (Lipinski definition) is 1. The van der Waals surface area contributed by atoms with E-state index in [1.807, 2.05) is 0 Å². The van der Waals surface area contributed by atoms with Gasteiger partial charge in [-0.1, -0.05) is 11.6 Å². The van der Waals surface area contributed by atoms with Gasteiger partial charge in [0.25, 0.3) is 5.69 Å². The molecule has 0 spiro atoms. The Labute approximate surface area is 140 Å². The Kier molecular flexibility index (Phi) is 5.49. The molecule has 1 heterocycles. The van der Waals surface area contributed by atoms with Crippen molar-refractivity contribution in [3.63, 3.8) is 0 Å². The van der Waals surface area contributed by atoms with E-state index in [1.165, 1.54) is 18.4 Å². The number of nitro benzene ring substituents is 1. The van der Waals surface area contributed by atoms with Gasteiger partial charge in [0, 0.05) is 42.5 Å². The van der Waals surface area contributed by atoms with Crippen LogP contribution in [0.15, 0.2) is 18.2 Å². The smallest absolute Gasteiger partial charge is 0.293 e. The van der Waals surface area contributed by atoms with E-state index < -0.39 is 20.2 Å². The number of ether oxygens (including phenoxy) is 1. The Balaban J connectivity index is 2.20. The third kappa shape index (κ3) is 5.05. The maximum atomic E-state index is 11.7. The fourth-order valence-electron chi connectivity index (χ4n) is 2.82. The minimum absolute atomic E-state index is 0.0255. The van der Waals surface area contributed by atoms with Crippen LogP contribution in [0.1, 0.15) is 12.8 Å². The number of halogens is 1. The molecule has 0 bridgehead atoms. The topological polar surface area (TPSA) is 98.5 Å². The van der Waals surface area contributed by atoms with Crippen LogP contribution in [0, 0.1) is 15.5 Å². The lowest BCUT2D eigenvalue weighted by atomic mass is 9.82. The zero-order valence-electron chi connectivity index (χ0n) is 12.7. The third-order valence-electron chi connectivity index (χ3n) is 3.93. The normalized spacial score (nSPS) is 17.7. The van der Waals surface area contributed by atoms with Crippen LogP contribution in [-0.4, -0.2) is 45.1 Å². The summed E-state index contributed by atoms with van der Waals surface area (Å²) >= 11 is 5.80. The highest BCUT2D eigenvalue weighted by atomic mass is 35.5. The molecule has 23 heavy (non-hydrogen) atoms. The fraction of sp³-hybridized carbons (Fsp3) is 0.571. The van der Waals surface area contributed by atoms with Gasteiger partial charge in [-0.15, -0.1) is 0 Å². The first-order valence-corrected chi connectivity index (χ1v) is 9.58. The van der Waals surface area contributed by atoms with Gasteiger partial charge in [-0.25, -0.2) is 8.42 Å². The molecule has 0 radical (unpaired) electrons. The van der Waals surface area contributed by atoms with Gasteiger partial charge in [-0.05, 0) is 25.0 Å². The largest absolute Gasteiger partial charge is 0.381 e. The van der Waals surface area contributed by atoms with Gasteiger partial charge in [-0.2, -0.15) is 0 Å². The molecule has 0 atom stereocenters. The molecule has 1 aromatic rings. The highest BCUT2D eigenvalue weighted by Crippen LogP contribution is 2.34. The van der Waals surface area contributed by atoms with Crippen LogP contribution >= 0.6 is 11.6 Å². The SMILES string of the molecule is CS(=O)(=O)CC1(CNc2ccc(Cl)cc2[N+](=O)[O-])CCOCC1. The number of anilines is 1. The second-order valence-electron chi connectivity index (χ2n) is 5.95. The van der Waals surface area contributed by atoms with Gasteiger partial charge in [0.2, 0.25) is 0 Å². The average molecular weight is 363 g/mol. The monoisotopic (exact) mass is 362 g/mol. The van der Waals surface area contributed by atoms with Gasteiger partial charge < -0.3 is 10.1 Å². The van der Waals surface area contributed by atoms with Crippen molar-refractivity contribution < 1.29 is 18.1 Å². The summed E-state index contributed by atoms with van der Waals surface area (Å²) in [6.07, 6.45) is 2.39. The number of nitrogens with one attached hydrogen (secondary N) is 1. The summed E-state index contributed by atoms with van der Waals surface area (Å²) in [6, 6.07) is 4.37. The number of sulfone groups is 1. The van der Waals surface area contributed by atoms with E-state index in [1.54, 1.807) is 6.07 Å². The molecule has 1 fully saturated rings. The molecule has 1 saturated heterocycles. The lowest BCUT2D eigenvalue weighted by Gasteiger charge is -2.36. The van der Waals surface area contributed by atoms with Gasteiger partial charge in [0.05, 0.1) is 10.7 Å². The van der Waals surface area contributed by atoms with Crippen molar-refractivity contribution in [2.75, 3.05) is 37.1 Å². The molecule has 2 rings (SSSR count). The Morgan fingerprint density at radius 2 is 2.04 bits per heavy atom. The lowest BCUT2D eigenvalue weighted by Crippen LogP contribution is -2.41. The summed E-state index contributed by atoms with van der Waals surface area (Å²) in [6.45, 7) is 1.30. The fourth-order valence-corrected chi connectivity index (χ4v) is 4.49. The van der Waals surface area contributed by atoms with E-state index in [9.17, 15) is 18.5 Å². The van der Waals surface area contributed by atoms with Crippen LogP contribution in [0.2, 0.25) is 5.02 Å². The van der Waals surface area contributed by atoms with Crippen molar-refractivity contribution in [1.82, 2.24) is 0 Å². The van der Waals surface area contributed by atoms with Crippen molar-refractivity contribution in [2.24, 2.45) is 5.41 Å². The minimum atomic E-state index is -3.17. The van der Waals surface area contributed by atoms with E-state index in [4.69, 9.17) is 16.3 Å². The minimum Gasteiger partial charge on any atom is -0.381 e. The summed E-state index contributed by atoms with van der Waals surface area (Å²) < 4.78 is 28.8. The van der Waals surface area contributed by atoms with Crippen molar-refractivity contribution in [1.29, 1.82) is 0 Å². The number of nitrogens with zero attached hydrogens (tertiary/aromatic N) is 1. The molecule has 0 amide bonds. The van der Waals surface area contributed by atoms with Crippen LogP contribution in [0.4, 0.5) is 11.4 Å². The maximum absolute atomic E-state index is 11.7. The van der Waals surface area contributed by atoms with Gasteiger partial charge in [-0.3, -0.25) is 10.1 Å². The summed E-state index contributed by atoms with van der Waals surface area (Å²) in [4.78, 5) is 10.6. The first kappa shape index (κ1) is 18.0. The zero-order chi connectivity index (χ0) is 17.1. The van der Waals surface area contributed by atoms with E-state index in [0.29, 0.717) is 38.3 Å². The van der Waals surface area contributed by atoms with E-state index >= 15 is 0 Å². The Morgan fingerprint density at radius 1 is 1.39 bits per heavy atom. The molecule has 0 saturated carbocycles. The molecule has 7 nitrogen and oxygen atoms in total. The molecule has 1 aliphatic heterocycles. The standard InChI is InChI=1S/C14H19ClN2O5S/c1-23(20,21)10-14(4-6-22-7-5-14)9-16-12-3-2-11(15)8-13(12)17(18)19/h2-3,8,16H,4-7,9-10H2,1H3. The second kappa shape index (κ2) is 7.02. The van der Waals surface area contributed by atoms with Gasteiger partial charge in [0.15, 0.2) is 0 Å². The van der Waals surface area contributed by atoms with Gasteiger partial charge >= 0.3 is 0 Å². The van der Waals surface area contributed by atoms with Crippen molar-refractivity contribution in [3.8, 4) is 0 Å². The summed E-state index contributed by atoms with van der Waals surface area (Å²) in [5, 5.41) is 14.4. The highest BCUT2D eigenvalue weighted by Gasteiger charge is 2.36. The molecule has 9 heteroatoms. The summed E-state index contributed by atoms with van der Waals surface area (Å²) in [5.41, 5.74) is -0.280. The second-order valence-corrected chi connectivity index (χ2v) is 8.53. The molecule has 1 aromatic carbocycles. The number of nitro groups is 1. The molecule has 1 N–H and O–H groups in total. The molecule has 1 aliphatic rings. The molecular formula is C14H19ClN2O5S. The van der Waals surface area contributed by atoms with Crippen molar-refractivity contribution >= 4 is 32.8 Å². The number of rotatable bonds is 6. The predicted molar refractivity (Wildman–Crippen MR) is 88.8 cm³/mol. The summed E-state index contributed by atoms with van der Waals surface area (Å²) in [7, 11) is -3.17. The van der Waals surface area contributed by atoms with Crippen LogP contribution < -0.4 is 5.32 Å². The number of hydrogen-bond acceptors (Lipinski definition) is 6. The van der Waals surface area contributed by atoms with Crippen LogP contribution in [0.3, 0.4) is 0 Å².